The highest BCUT2D eigenvalue weighted by Crippen LogP contribution is 2.13. The lowest BCUT2D eigenvalue weighted by molar-refractivity contribution is 0.138. The molecule has 0 fully saturated rings. The van der Waals surface area contributed by atoms with Crippen molar-refractivity contribution in [2.75, 3.05) is 0 Å². The lowest BCUT2D eigenvalue weighted by Gasteiger charge is -2.13. The van der Waals surface area contributed by atoms with E-state index >= 15 is 0 Å². The highest BCUT2D eigenvalue weighted by Gasteiger charge is 2.07. The summed E-state index contributed by atoms with van der Waals surface area (Å²) in [6.45, 7) is 4.16. The Labute approximate surface area is 127 Å². The summed E-state index contributed by atoms with van der Waals surface area (Å²) in [5, 5.41) is 9.58. The quantitative estimate of drug-likeness (QED) is 0.407. The predicted molar refractivity (Wildman–Crippen MR) is 90.0 cm³/mol. The number of hydrogen-bond acceptors (Lipinski definition) is 2. The molecule has 122 valence electrons. The summed E-state index contributed by atoms with van der Waals surface area (Å²) in [6.07, 6.45) is 18.4. The van der Waals surface area contributed by atoms with Crippen LogP contribution in [0.1, 0.15) is 104 Å². The van der Waals surface area contributed by atoms with Gasteiger partial charge in [0.2, 0.25) is 0 Å². The molecule has 0 bridgehead atoms. The first-order valence-corrected chi connectivity index (χ1v) is 9.12. The van der Waals surface area contributed by atoms with Gasteiger partial charge < -0.3 is 10.8 Å². The number of unbranched alkanes of at least 4 members (excludes halogenated alkanes) is 12. The Balaban J connectivity index is 3.03. The zero-order valence-corrected chi connectivity index (χ0v) is 14.1. The molecule has 0 aromatic carbocycles. The Morgan fingerprint density at radius 1 is 0.700 bits per heavy atom. The molecule has 0 aromatic heterocycles. The molecule has 20 heavy (non-hydrogen) atoms. The monoisotopic (exact) mass is 285 g/mol. The minimum Gasteiger partial charge on any atom is -0.392 e. The molecule has 0 amide bonds. The van der Waals surface area contributed by atoms with Crippen molar-refractivity contribution in [3.8, 4) is 0 Å². The smallest absolute Gasteiger partial charge is 0.0688 e. The lowest BCUT2D eigenvalue weighted by Crippen LogP contribution is -2.31. The van der Waals surface area contributed by atoms with Crippen LogP contribution >= 0.6 is 0 Å². The third-order valence-electron chi connectivity index (χ3n) is 4.21. The molecule has 0 aliphatic rings. The van der Waals surface area contributed by atoms with Crippen LogP contribution in [0.15, 0.2) is 0 Å². The summed E-state index contributed by atoms with van der Waals surface area (Å²) in [5.41, 5.74) is 5.63. The third-order valence-corrected chi connectivity index (χ3v) is 4.21. The van der Waals surface area contributed by atoms with Gasteiger partial charge in [-0.25, -0.2) is 0 Å². The van der Waals surface area contributed by atoms with E-state index in [1.165, 1.54) is 77.0 Å². The third kappa shape index (κ3) is 14.3. The van der Waals surface area contributed by atoms with Gasteiger partial charge in [-0.1, -0.05) is 90.4 Å². The Bertz CT molecular complexity index is 182. The minimum atomic E-state index is -0.303. The summed E-state index contributed by atoms with van der Waals surface area (Å²) < 4.78 is 0. The SMILES string of the molecule is CCCCCCCCCCCCCCC[C@H](O)[C@H](C)N. The van der Waals surface area contributed by atoms with Crippen LogP contribution in [0, 0.1) is 0 Å². The van der Waals surface area contributed by atoms with Crippen LogP contribution in [0.25, 0.3) is 0 Å². The Morgan fingerprint density at radius 3 is 1.40 bits per heavy atom. The van der Waals surface area contributed by atoms with Crippen molar-refractivity contribution in [1.82, 2.24) is 0 Å². The van der Waals surface area contributed by atoms with Gasteiger partial charge in [-0.05, 0) is 13.3 Å². The first-order chi connectivity index (χ1) is 9.68. The second-order valence-electron chi connectivity index (χ2n) is 6.46. The van der Waals surface area contributed by atoms with Gasteiger partial charge in [0.25, 0.3) is 0 Å². The standard InChI is InChI=1S/C18H39NO/c1-3-4-5-6-7-8-9-10-11-12-13-14-15-16-18(20)17(2)19/h17-18,20H,3-16,19H2,1-2H3/t17-,18-/m0/s1. The van der Waals surface area contributed by atoms with Crippen molar-refractivity contribution < 1.29 is 5.11 Å². The van der Waals surface area contributed by atoms with E-state index in [0.717, 1.165) is 12.8 Å². The van der Waals surface area contributed by atoms with Crippen molar-refractivity contribution in [2.45, 2.75) is 116 Å². The fourth-order valence-corrected chi connectivity index (χ4v) is 2.63. The maximum Gasteiger partial charge on any atom is 0.0688 e. The van der Waals surface area contributed by atoms with Crippen LogP contribution in [0.4, 0.5) is 0 Å². The molecule has 3 N–H and O–H groups in total. The largest absolute Gasteiger partial charge is 0.392 e. The highest BCUT2D eigenvalue weighted by molar-refractivity contribution is 4.65. The normalized spacial score (nSPS) is 14.4. The molecule has 0 heterocycles. The second kappa shape index (κ2) is 15.3. The first kappa shape index (κ1) is 19.9. The van der Waals surface area contributed by atoms with E-state index in [0.29, 0.717) is 0 Å². The molecular weight excluding hydrogens is 246 g/mol. The molecule has 0 rings (SSSR count). The van der Waals surface area contributed by atoms with Gasteiger partial charge in [0.15, 0.2) is 0 Å². The second-order valence-corrected chi connectivity index (χ2v) is 6.46. The Morgan fingerprint density at radius 2 is 1.05 bits per heavy atom. The summed E-state index contributed by atoms with van der Waals surface area (Å²) in [7, 11) is 0. The zero-order chi connectivity index (χ0) is 15.1. The summed E-state index contributed by atoms with van der Waals surface area (Å²) in [6, 6.07) is -0.0765. The van der Waals surface area contributed by atoms with Gasteiger partial charge in [-0.3, -0.25) is 0 Å². The number of hydrogen-bond donors (Lipinski definition) is 2. The molecule has 2 atom stereocenters. The maximum absolute atomic E-state index is 9.58. The predicted octanol–water partition coefficient (Wildman–Crippen LogP) is 5.18. The van der Waals surface area contributed by atoms with Crippen LogP contribution in [0.2, 0.25) is 0 Å². The molecule has 0 unspecified atom stereocenters. The van der Waals surface area contributed by atoms with E-state index in [1.807, 2.05) is 6.92 Å². The molecule has 0 aliphatic heterocycles. The molecule has 0 aliphatic carbocycles. The average Bonchev–Trinajstić information content (AvgIpc) is 2.43. The van der Waals surface area contributed by atoms with E-state index in [1.54, 1.807) is 0 Å². The summed E-state index contributed by atoms with van der Waals surface area (Å²) in [4.78, 5) is 0. The minimum absolute atomic E-state index is 0.0765. The molecule has 2 heteroatoms. The van der Waals surface area contributed by atoms with Crippen LogP contribution in [-0.4, -0.2) is 17.3 Å². The van der Waals surface area contributed by atoms with E-state index in [9.17, 15) is 5.11 Å². The average molecular weight is 286 g/mol. The Kier molecular flexibility index (Phi) is 15.3. The fourth-order valence-electron chi connectivity index (χ4n) is 2.63. The van der Waals surface area contributed by atoms with Gasteiger partial charge in [0.1, 0.15) is 0 Å². The number of rotatable bonds is 15. The molecule has 0 spiro atoms. The van der Waals surface area contributed by atoms with Crippen LogP contribution in [0.5, 0.6) is 0 Å². The fraction of sp³-hybridized carbons (Fsp3) is 1.00. The number of aliphatic hydroxyl groups is 1. The van der Waals surface area contributed by atoms with Crippen molar-refractivity contribution in [3.63, 3.8) is 0 Å². The number of nitrogens with two attached hydrogens (primary N) is 1. The van der Waals surface area contributed by atoms with E-state index in [4.69, 9.17) is 5.73 Å². The molecular formula is C18H39NO. The Hall–Kier alpha value is -0.0800. The van der Waals surface area contributed by atoms with Crippen LogP contribution in [0.3, 0.4) is 0 Å². The maximum atomic E-state index is 9.58. The summed E-state index contributed by atoms with van der Waals surface area (Å²) in [5.74, 6) is 0. The van der Waals surface area contributed by atoms with Gasteiger partial charge in [-0.2, -0.15) is 0 Å². The van der Waals surface area contributed by atoms with E-state index in [2.05, 4.69) is 6.92 Å². The lowest BCUT2D eigenvalue weighted by atomic mass is 10.0. The summed E-state index contributed by atoms with van der Waals surface area (Å²) >= 11 is 0. The molecule has 2 nitrogen and oxygen atoms in total. The van der Waals surface area contributed by atoms with Gasteiger partial charge in [0.05, 0.1) is 6.10 Å². The van der Waals surface area contributed by atoms with Crippen molar-refractivity contribution in [2.24, 2.45) is 5.73 Å². The van der Waals surface area contributed by atoms with Crippen LogP contribution < -0.4 is 5.73 Å². The van der Waals surface area contributed by atoms with Gasteiger partial charge >= 0.3 is 0 Å². The first-order valence-electron chi connectivity index (χ1n) is 9.12. The van der Waals surface area contributed by atoms with Gasteiger partial charge in [0, 0.05) is 6.04 Å². The molecule has 0 saturated heterocycles. The van der Waals surface area contributed by atoms with Gasteiger partial charge in [-0.15, -0.1) is 0 Å². The topological polar surface area (TPSA) is 46.2 Å². The molecule has 0 radical (unpaired) electrons. The molecule has 0 aromatic rings. The van der Waals surface area contributed by atoms with Crippen LogP contribution in [-0.2, 0) is 0 Å². The van der Waals surface area contributed by atoms with Crippen molar-refractivity contribution in [1.29, 1.82) is 0 Å². The zero-order valence-electron chi connectivity index (χ0n) is 14.1. The van der Waals surface area contributed by atoms with E-state index in [-0.39, 0.29) is 12.1 Å². The highest BCUT2D eigenvalue weighted by atomic mass is 16.3. The van der Waals surface area contributed by atoms with Crippen molar-refractivity contribution in [3.05, 3.63) is 0 Å². The van der Waals surface area contributed by atoms with Crippen molar-refractivity contribution >= 4 is 0 Å². The molecule has 0 saturated carbocycles. The van der Waals surface area contributed by atoms with E-state index < -0.39 is 0 Å². The number of aliphatic hydroxyl groups excluding tert-OH is 1.